The Morgan fingerprint density at radius 3 is 2.00 bits per heavy atom. The number of halogens is 5. The van der Waals surface area contributed by atoms with Gasteiger partial charge < -0.3 is 4.90 Å². The first-order valence-corrected chi connectivity index (χ1v) is 10.1. The molecule has 2 aromatic carbocycles. The average Bonchev–Trinajstić information content (AvgIpc) is 2.63. The van der Waals surface area contributed by atoms with Gasteiger partial charge in [0.1, 0.15) is 0 Å². The van der Waals surface area contributed by atoms with Crippen LogP contribution in [0.3, 0.4) is 0 Å². The summed E-state index contributed by atoms with van der Waals surface area (Å²) in [4.78, 5) is 14.9. The van der Waals surface area contributed by atoms with Crippen LogP contribution in [0.5, 0.6) is 0 Å². The van der Waals surface area contributed by atoms with E-state index in [-0.39, 0.29) is 19.0 Å². The van der Waals surface area contributed by atoms with E-state index in [9.17, 15) is 18.0 Å². The number of rotatable bonds is 7. The van der Waals surface area contributed by atoms with E-state index in [1.807, 2.05) is 20.8 Å². The van der Waals surface area contributed by atoms with E-state index in [1.54, 1.807) is 23.1 Å². The molecule has 7 heteroatoms. The standard InChI is InChI=1S/C22H24Cl2F3NO/c1-4-11-21(2,3)20(29)28(14-16-7-10-18(23)19(24)12-16)13-15-5-8-17(9-6-15)22(25,26)27/h5-10,12H,4,11,13-14H2,1-3H3. The summed E-state index contributed by atoms with van der Waals surface area (Å²) in [5, 5.41) is 0.807. The average molecular weight is 446 g/mol. The fraction of sp³-hybridized carbons (Fsp3) is 0.409. The Morgan fingerprint density at radius 2 is 1.48 bits per heavy atom. The van der Waals surface area contributed by atoms with Gasteiger partial charge in [0, 0.05) is 18.5 Å². The number of hydrogen-bond acceptors (Lipinski definition) is 1. The van der Waals surface area contributed by atoms with Gasteiger partial charge in [0.25, 0.3) is 0 Å². The van der Waals surface area contributed by atoms with Gasteiger partial charge in [0.2, 0.25) is 5.91 Å². The largest absolute Gasteiger partial charge is 0.416 e. The van der Waals surface area contributed by atoms with Gasteiger partial charge in [-0.25, -0.2) is 0 Å². The topological polar surface area (TPSA) is 20.3 Å². The molecular weight excluding hydrogens is 422 g/mol. The van der Waals surface area contributed by atoms with Gasteiger partial charge in [-0.2, -0.15) is 13.2 Å². The van der Waals surface area contributed by atoms with E-state index in [4.69, 9.17) is 23.2 Å². The van der Waals surface area contributed by atoms with Crippen molar-refractivity contribution >= 4 is 29.1 Å². The summed E-state index contributed by atoms with van der Waals surface area (Å²) in [5.41, 5.74) is 0.122. The molecule has 0 unspecified atom stereocenters. The number of carbonyl (C=O) groups is 1. The molecule has 2 nitrogen and oxygen atoms in total. The maximum absolute atomic E-state index is 13.2. The van der Waals surface area contributed by atoms with Gasteiger partial charge in [-0.3, -0.25) is 4.79 Å². The summed E-state index contributed by atoms with van der Waals surface area (Å²) in [6, 6.07) is 10.0. The van der Waals surface area contributed by atoms with Crippen molar-refractivity contribution in [2.45, 2.75) is 52.9 Å². The molecule has 1 amide bonds. The van der Waals surface area contributed by atoms with Crippen LogP contribution in [0.2, 0.25) is 10.0 Å². The van der Waals surface area contributed by atoms with Crippen molar-refractivity contribution in [2.24, 2.45) is 5.41 Å². The predicted octanol–water partition coefficient (Wildman–Crippen LogP) is 7.37. The minimum atomic E-state index is -4.39. The van der Waals surface area contributed by atoms with E-state index in [0.717, 1.165) is 24.1 Å². The predicted molar refractivity (Wildman–Crippen MR) is 111 cm³/mol. The highest BCUT2D eigenvalue weighted by Crippen LogP contribution is 2.31. The summed E-state index contributed by atoms with van der Waals surface area (Å²) in [5.74, 6) is -0.0645. The van der Waals surface area contributed by atoms with Crippen LogP contribution in [0.4, 0.5) is 13.2 Å². The molecule has 0 aromatic heterocycles. The second-order valence-corrected chi connectivity index (χ2v) is 8.55. The molecular formula is C22H24Cl2F3NO. The van der Waals surface area contributed by atoms with Crippen LogP contribution in [0.15, 0.2) is 42.5 Å². The van der Waals surface area contributed by atoms with E-state index >= 15 is 0 Å². The highest BCUT2D eigenvalue weighted by Gasteiger charge is 2.32. The van der Waals surface area contributed by atoms with E-state index in [0.29, 0.717) is 22.0 Å². The Balaban J connectivity index is 2.30. The number of carbonyl (C=O) groups excluding carboxylic acids is 1. The third-order valence-electron chi connectivity index (χ3n) is 4.75. The molecule has 0 aliphatic carbocycles. The molecule has 0 atom stereocenters. The molecule has 0 spiro atoms. The van der Waals surface area contributed by atoms with E-state index < -0.39 is 17.2 Å². The lowest BCUT2D eigenvalue weighted by molar-refractivity contribution is -0.142. The van der Waals surface area contributed by atoms with Crippen LogP contribution < -0.4 is 0 Å². The van der Waals surface area contributed by atoms with Crippen LogP contribution in [0.1, 0.15) is 50.3 Å². The summed E-state index contributed by atoms with van der Waals surface area (Å²) in [7, 11) is 0. The Bertz CT molecular complexity index is 848. The van der Waals surface area contributed by atoms with Gasteiger partial charge in [-0.1, -0.05) is 68.6 Å². The first-order chi connectivity index (χ1) is 13.4. The zero-order chi connectivity index (χ0) is 21.8. The van der Waals surface area contributed by atoms with Gasteiger partial charge in [-0.05, 0) is 41.8 Å². The second kappa shape index (κ2) is 9.40. The lowest BCUT2D eigenvalue weighted by Gasteiger charge is -2.32. The van der Waals surface area contributed by atoms with E-state index in [1.165, 1.54) is 12.1 Å². The number of hydrogen-bond donors (Lipinski definition) is 0. The minimum Gasteiger partial charge on any atom is -0.334 e. The van der Waals surface area contributed by atoms with Crippen LogP contribution >= 0.6 is 23.2 Å². The molecule has 0 aliphatic rings. The van der Waals surface area contributed by atoms with Gasteiger partial charge >= 0.3 is 6.18 Å². The smallest absolute Gasteiger partial charge is 0.334 e. The van der Waals surface area contributed by atoms with Gasteiger partial charge in [-0.15, -0.1) is 0 Å². The number of benzene rings is 2. The van der Waals surface area contributed by atoms with Crippen molar-refractivity contribution in [3.8, 4) is 0 Å². The number of amides is 1. The Labute approximate surface area is 179 Å². The zero-order valence-corrected chi connectivity index (χ0v) is 18.1. The zero-order valence-electron chi connectivity index (χ0n) is 16.6. The molecule has 0 fully saturated rings. The first-order valence-electron chi connectivity index (χ1n) is 9.33. The van der Waals surface area contributed by atoms with Gasteiger partial charge in [0.05, 0.1) is 15.6 Å². The minimum absolute atomic E-state index is 0.0645. The molecule has 0 saturated heterocycles. The molecule has 0 saturated carbocycles. The first kappa shape index (κ1) is 23.6. The van der Waals surface area contributed by atoms with Crippen LogP contribution in [0, 0.1) is 5.41 Å². The lowest BCUT2D eigenvalue weighted by atomic mass is 9.86. The third-order valence-corrected chi connectivity index (χ3v) is 5.49. The Morgan fingerprint density at radius 1 is 0.931 bits per heavy atom. The molecule has 0 aliphatic heterocycles. The summed E-state index contributed by atoms with van der Waals surface area (Å²) >= 11 is 12.1. The van der Waals surface area contributed by atoms with Crippen molar-refractivity contribution in [2.75, 3.05) is 0 Å². The maximum Gasteiger partial charge on any atom is 0.416 e. The summed E-state index contributed by atoms with van der Waals surface area (Å²) in [6.45, 7) is 6.25. The highest BCUT2D eigenvalue weighted by molar-refractivity contribution is 6.42. The normalized spacial score (nSPS) is 12.1. The van der Waals surface area contributed by atoms with Crippen LogP contribution in [-0.2, 0) is 24.1 Å². The fourth-order valence-electron chi connectivity index (χ4n) is 3.24. The quantitative estimate of drug-likeness (QED) is 0.435. The Hall–Kier alpha value is -1.72. The Kier molecular flexibility index (Phi) is 7.63. The second-order valence-electron chi connectivity index (χ2n) is 7.74. The molecule has 158 valence electrons. The molecule has 29 heavy (non-hydrogen) atoms. The van der Waals surface area contributed by atoms with Crippen molar-refractivity contribution in [1.82, 2.24) is 4.90 Å². The third kappa shape index (κ3) is 6.38. The SMILES string of the molecule is CCCC(C)(C)C(=O)N(Cc1ccc(C(F)(F)F)cc1)Cc1ccc(Cl)c(Cl)c1. The van der Waals surface area contributed by atoms with Gasteiger partial charge in [0.15, 0.2) is 0 Å². The van der Waals surface area contributed by atoms with Crippen molar-refractivity contribution in [3.63, 3.8) is 0 Å². The van der Waals surface area contributed by atoms with Crippen LogP contribution in [-0.4, -0.2) is 10.8 Å². The van der Waals surface area contributed by atoms with E-state index in [2.05, 4.69) is 0 Å². The van der Waals surface area contributed by atoms with Crippen LogP contribution in [0.25, 0.3) is 0 Å². The van der Waals surface area contributed by atoms with Crippen molar-refractivity contribution < 1.29 is 18.0 Å². The number of alkyl halides is 3. The van der Waals surface area contributed by atoms with Crippen molar-refractivity contribution in [3.05, 3.63) is 69.2 Å². The summed E-state index contributed by atoms with van der Waals surface area (Å²) < 4.78 is 38.5. The molecule has 0 N–H and O–H groups in total. The molecule has 0 radical (unpaired) electrons. The molecule has 0 heterocycles. The number of nitrogens with zero attached hydrogens (tertiary/aromatic N) is 1. The maximum atomic E-state index is 13.2. The summed E-state index contributed by atoms with van der Waals surface area (Å²) in [6.07, 6.45) is -2.84. The monoisotopic (exact) mass is 445 g/mol. The fourth-order valence-corrected chi connectivity index (χ4v) is 3.56. The molecule has 2 rings (SSSR count). The lowest BCUT2D eigenvalue weighted by Crippen LogP contribution is -2.40. The van der Waals surface area contributed by atoms with Crippen molar-refractivity contribution in [1.29, 1.82) is 0 Å². The molecule has 0 bridgehead atoms. The highest BCUT2D eigenvalue weighted by atomic mass is 35.5. The molecule has 2 aromatic rings.